The Morgan fingerprint density at radius 3 is 1.25 bits per heavy atom. The number of aliphatic hydroxyl groups excluding tert-OH is 2. The minimum Gasteiger partial charge on any atom is -0.479 e. The molecule has 0 aliphatic carbocycles. The largest absolute Gasteiger partial charge is 0.479 e. The maximum absolute atomic E-state index is 13.1. The Hall–Kier alpha value is -4.36. The van der Waals surface area contributed by atoms with E-state index in [0.717, 1.165) is 89.9 Å². The quantitative estimate of drug-likeness (QED) is 0.0228. The van der Waals surface area contributed by atoms with Gasteiger partial charge < -0.3 is 39.0 Å². The van der Waals surface area contributed by atoms with Crippen LogP contribution in [0, 0.1) is 0 Å². The lowest BCUT2D eigenvalue weighted by molar-refractivity contribution is -0.301. The molecule has 0 aromatic heterocycles. The first-order valence-electron chi connectivity index (χ1n) is 31.2. The lowest BCUT2D eigenvalue weighted by atomic mass is 9.98. The van der Waals surface area contributed by atoms with Crippen LogP contribution >= 0.6 is 0 Å². The summed E-state index contributed by atoms with van der Waals surface area (Å²) in [5.74, 6) is -3.24. The summed E-state index contributed by atoms with van der Waals surface area (Å²) < 4.78 is 28.4. The number of aliphatic hydroxyl groups is 2. The molecule has 0 aromatic rings. The topological polar surface area (TPSA) is 175 Å². The lowest BCUT2D eigenvalue weighted by Crippen LogP contribution is -2.61. The van der Waals surface area contributed by atoms with E-state index >= 15 is 0 Å². The molecule has 79 heavy (non-hydrogen) atoms. The molecule has 0 saturated carbocycles. The fourth-order valence-corrected chi connectivity index (χ4v) is 8.95. The van der Waals surface area contributed by atoms with Crippen molar-refractivity contribution in [3.8, 4) is 0 Å². The van der Waals surface area contributed by atoms with Crippen molar-refractivity contribution in [3.05, 3.63) is 97.2 Å². The summed E-state index contributed by atoms with van der Waals surface area (Å²) in [6.07, 6.45) is 59.6. The minimum absolute atomic E-state index is 0.0246. The van der Waals surface area contributed by atoms with Crippen LogP contribution in [0.2, 0.25) is 0 Å². The van der Waals surface area contributed by atoms with Gasteiger partial charge in [-0.15, -0.1) is 0 Å². The molecule has 1 rings (SSSR count). The Kier molecular flexibility index (Phi) is 49.9. The molecule has 1 aliphatic rings. The number of aliphatic carboxylic acids is 1. The Labute approximate surface area is 479 Å². The molecule has 0 bridgehead atoms. The van der Waals surface area contributed by atoms with Crippen LogP contribution in [0.15, 0.2) is 97.2 Å². The molecule has 6 atom stereocenters. The van der Waals surface area contributed by atoms with Crippen LogP contribution in [0.3, 0.4) is 0 Å². The Morgan fingerprint density at radius 2 is 0.810 bits per heavy atom. The second-order valence-electron chi connectivity index (χ2n) is 20.9. The van der Waals surface area contributed by atoms with Gasteiger partial charge in [-0.2, -0.15) is 0 Å². The van der Waals surface area contributed by atoms with E-state index < -0.39 is 67.3 Å². The van der Waals surface area contributed by atoms with E-state index in [9.17, 15) is 34.5 Å². The van der Waals surface area contributed by atoms with Crippen LogP contribution in [-0.2, 0) is 42.9 Å². The first-order valence-corrected chi connectivity index (χ1v) is 31.2. The molecule has 1 heterocycles. The smallest absolute Gasteiger partial charge is 0.335 e. The van der Waals surface area contributed by atoms with E-state index in [1.807, 2.05) is 12.2 Å². The Bertz CT molecular complexity index is 1740. The van der Waals surface area contributed by atoms with Gasteiger partial charge in [-0.05, 0) is 89.9 Å². The average Bonchev–Trinajstić information content (AvgIpc) is 3.46. The number of esters is 3. The van der Waals surface area contributed by atoms with E-state index in [-0.39, 0.29) is 25.9 Å². The predicted octanol–water partition coefficient (Wildman–Crippen LogP) is 16.5. The number of unbranched alkanes of at least 4 members (excludes halogenated alkanes) is 22. The van der Waals surface area contributed by atoms with Gasteiger partial charge in [0.25, 0.3) is 0 Å². The highest BCUT2D eigenvalue weighted by molar-refractivity contribution is 5.74. The van der Waals surface area contributed by atoms with Crippen LogP contribution in [0.4, 0.5) is 0 Å². The molecule has 1 aliphatic heterocycles. The van der Waals surface area contributed by atoms with Gasteiger partial charge in [0.05, 0.1) is 6.61 Å². The highest BCUT2D eigenvalue weighted by Crippen LogP contribution is 2.26. The number of carbonyl (C=O) groups excluding carboxylic acids is 3. The summed E-state index contributed by atoms with van der Waals surface area (Å²) in [6, 6.07) is 0. The van der Waals surface area contributed by atoms with Crippen molar-refractivity contribution in [3.63, 3.8) is 0 Å². The standard InChI is InChI=1S/C67H110O12/c1-4-7-10-13-16-19-22-25-27-29-30-32-33-36-38-41-44-47-50-53-59(68)75-56-58(77-60(69)54-51-48-45-42-39-35-24-21-18-15-12-9-6-3)57-76-67-65(63(72)62(71)64(79-67)66(73)74)78-61(70)55-52-49-46-43-40-37-34-31-28-26-23-20-17-14-11-8-5-2/h8-9,11-12,17-18,20-21,26,28,34-35,37,39,43,46,58,62-65,67,71-72H,4-7,10,13-16,19,22-25,27,29-33,36,38,40-42,44-45,47-57H2,1-3H3,(H,73,74)/b11-8-,12-9-,20-17-,21-18-,28-26-,37-34-,39-35-,46-43-. The van der Waals surface area contributed by atoms with Gasteiger partial charge in [-0.25, -0.2) is 4.79 Å². The molecular weight excluding hydrogens is 997 g/mol. The summed E-state index contributed by atoms with van der Waals surface area (Å²) in [7, 11) is 0. The second-order valence-corrected chi connectivity index (χ2v) is 20.9. The first kappa shape index (κ1) is 72.7. The third kappa shape index (κ3) is 44.0. The molecule has 6 unspecified atom stereocenters. The Balaban J connectivity index is 2.69. The van der Waals surface area contributed by atoms with Crippen molar-refractivity contribution in [2.45, 2.75) is 289 Å². The summed E-state index contributed by atoms with van der Waals surface area (Å²) in [4.78, 5) is 51.2. The second kappa shape index (κ2) is 54.2. The number of rotatable bonds is 52. The van der Waals surface area contributed by atoms with Gasteiger partial charge in [0.15, 0.2) is 24.6 Å². The highest BCUT2D eigenvalue weighted by atomic mass is 16.7. The van der Waals surface area contributed by atoms with Gasteiger partial charge in [-0.3, -0.25) is 14.4 Å². The normalized spacial score (nSPS) is 18.5. The van der Waals surface area contributed by atoms with Crippen LogP contribution in [-0.4, -0.2) is 89.2 Å². The van der Waals surface area contributed by atoms with Crippen molar-refractivity contribution < 1.29 is 58.2 Å². The monoisotopic (exact) mass is 1110 g/mol. The number of hydrogen-bond acceptors (Lipinski definition) is 11. The van der Waals surface area contributed by atoms with Crippen LogP contribution in [0.25, 0.3) is 0 Å². The SMILES string of the molecule is CC/C=C\C/C=C\C/C=C\C/C=C\C/C=C\CCCC(=O)OC1C(OCC(COC(=O)CCCCCCCCCCCCCCCCCCCCC)OC(=O)CCCCC/C=C\C/C=C\C/C=C\CC)OC(C(=O)O)C(O)C1O. The number of ether oxygens (including phenoxy) is 5. The van der Waals surface area contributed by atoms with Crippen molar-refractivity contribution in [2.24, 2.45) is 0 Å². The van der Waals surface area contributed by atoms with Crippen molar-refractivity contribution in [1.29, 1.82) is 0 Å². The maximum atomic E-state index is 13.1. The van der Waals surface area contributed by atoms with E-state index in [2.05, 4.69) is 106 Å². The summed E-state index contributed by atoms with van der Waals surface area (Å²) in [5, 5.41) is 31.5. The number of hydrogen-bond donors (Lipinski definition) is 3. The molecule has 0 radical (unpaired) electrons. The maximum Gasteiger partial charge on any atom is 0.335 e. The zero-order chi connectivity index (χ0) is 57.5. The van der Waals surface area contributed by atoms with E-state index in [4.69, 9.17) is 23.7 Å². The van der Waals surface area contributed by atoms with Crippen molar-refractivity contribution >= 4 is 23.9 Å². The summed E-state index contributed by atoms with van der Waals surface area (Å²) in [5.41, 5.74) is 0. The van der Waals surface area contributed by atoms with Crippen LogP contribution in [0.1, 0.15) is 252 Å². The number of carboxylic acid groups (broad SMARTS) is 1. The van der Waals surface area contributed by atoms with Crippen molar-refractivity contribution in [2.75, 3.05) is 13.2 Å². The van der Waals surface area contributed by atoms with Crippen LogP contribution < -0.4 is 0 Å². The molecule has 0 amide bonds. The molecule has 0 aromatic carbocycles. The molecule has 12 nitrogen and oxygen atoms in total. The van der Waals surface area contributed by atoms with Crippen LogP contribution in [0.5, 0.6) is 0 Å². The molecule has 3 N–H and O–H groups in total. The molecular formula is C67H110O12. The number of allylic oxidation sites excluding steroid dienone is 16. The number of carbonyl (C=O) groups is 4. The minimum atomic E-state index is -1.93. The van der Waals surface area contributed by atoms with Gasteiger partial charge in [0.1, 0.15) is 18.8 Å². The van der Waals surface area contributed by atoms with Gasteiger partial charge in [0.2, 0.25) is 0 Å². The zero-order valence-corrected chi connectivity index (χ0v) is 49.6. The third-order valence-corrected chi connectivity index (χ3v) is 13.7. The van der Waals surface area contributed by atoms with Crippen molar-refractivity contribution in [1.82, 2.24) is 0 Å². The van der Waals surface area contributed by atoms with E-state index in [0.29, 0.717) is 25.7 Å². The average molecular weight is 1110 g/mol. The third-order valence-electron chi connectivity index (χ3n) is 13.7. The Morgan fingerprint density at radius 1 is 0.430 bits per heavy atom. The molecule has 1 fully saturated rings. The molecule has 450 valence electrons. The lowest BCUT2D eigenvalue weighted by Gasteiger charge is -2.40. The fraction of sp³-hybridized carbons (Fsp3) is 0.701. The fourth-order valence-electron chi connectivity index (χ4n) is 8.95. The summed E-state index contributed by atoms with van der Waals surface area (Å²) >= 11 is 0. The van der Waals surface area contributed by atoms with E-state index in [1.54, 1.807) is 0 Å². The zero-order valence-electron chi connectivity index (χ0n) is 49.6. The molecule has 0 spiro atoms. The predicted molar refractivity (Wildman–Crippen MR) is 321 cm³/mol. The van der Waals surface area contributed by atoms with E-state index in [1.165, 1.54) is 96.3 Å². The molecule has 1 saturated heterocycles. The van der Waals surface area contributed by atoms with Gasteiger partial charge in [0, 0.05) is 19.3 Å². The van der Waals surface area contributed by atoms with Gasteiger partial charge in [-0.1, -0.05) is 240 Å². The summed E-state index contributed by atoms with van der Waals surface area (Å²) in [6.45, 7) is 5.73. The van der Waals surface area contributed by atoms with Gasteiger partial charge >= 0.3 is 23.9 Å². The first-order chi connectivity index (χ1) is 38.6. The molecule has 12 heteroatoms. The highest BCUT2D eigenvalue weighted by Gasteiger charge is 2.50. The number of carboxylic acids is 1.